The molecule has 3 saturated heterocycles. The summed E-state index contributed by atoms with van der Waals surface area (Å²) in [4.78, 5) is 46.9. The maximum absolute atomic E-state index is 13.7. The molecule has 3 amide bonds. The molecular formula is C49H62F3N11O3. The van der Waals surface area contributed by atoms with Crippen molar-refractivity contribution >= 4 is 56.6 Å². The number of rotatable bonds is 16. The van der Waals surface area contributed by atoms with Gasteiger partial charge in [0.15, 0.2) is 5.82 Å². The molecule has 0 saturated carbocycles. The summed E-state index contributed by atoms with van der Waals surface area (Å²) in [5.41, 5.74) is 4.32. The number of piperidine rings is 1. The Bertz CT molecular complexity index is 2550. The maximum Gasteiger partial charge on any atom is 0.416 e. The number of aryl methyl sites for hydroxylation is 2. The molecular weight excluding hydrogens is 848 g/mol. The van der Waals surface area contributed by atoms with Crippen molar-refractivity contribution in [2.45, 2.75) is 83.9 Å². The molecule has 5 heterocycles. The van der Waals surface area contributed by atoms with E-state index >= 15 is 0 Å². The van der Waals surface area contributed by atoms with Gasteiger partial charge in [0.05, 0.1) is 46.7 Å². The second-order valence-electron chi connectivity index (χ2n) is 18.1. The topological polar surface area (TPSA) is 144 Å². The fourth-order valence-electron chi connectivity index (χ4n) is 9.95. The van der Waals surface area contributed by atoms with Crippen LogP contribution in [0.3, 0.4) is 0 Å². The molecule has 2 atom stereocenters. The molecule has 352 valence electrons. The Morgan fingerprint density at radius 2 is 1.52 bits per heavy atom. The number of halogens is 3. The molecule has 3 aliphatic rings. The van der Waals surface area contributed by atoms with Gasteiger partial charge in [-0.2, -0.15) is 23.4 Å². The number of hydrogen-bond donors (Lipinski definition) is 3. The summed E-state index contributed by atoms with van der Waals surface area (Å²) in [6, 6.07) is 16.0. The molecule has 3 fully saturated rings. The molecule has 14 nitrogen and oxygen atoms in total. The van der Waals surface area contributed by atoms with Gasteiger partial charge in [-0.15, -0.1) is 5.10 Å². The Morgan fingerprint density at radius 1 is 0.833 bits per heavy atom. The lowest BCUT2D eigenvalue weighted by atomic mass is 9.92. The number of piperazine rings is 2. The number of anilines is 3. The largest absolute Gasteiger partial charge is 0.416 e. The van der Waals surface area contributed by atoms with Crippen LogP contribution >= 0.6 is 0 Å². The molecule has 8 rings (SSSR count). The van der Waals surface area contributed by atoms with Gasteiger partial charge >= 0.3 is 6.18 Å². The van der Waals surface area contributed by atoms with Crippen molar-refractivity contribution in [1.82, 2.24) is 40.0 Å². The number of aromatic nitrogens is 4. The lowest BCUT2D eigenvalue weighted by molar-refractivity contribution is -0.138. The zero-order valence-corrected chi connectivity index (χ0v) is 38.5. The van der Waals surface area contributed by atoms with Crippen LogP contribution in [-0.4, -0.2) is 124 Å². The van der Waals surface area contributed by atoms with Crippen molar-refractivity contribution in [3.8, 4) is 0 Å². The number of carbonyl (C=O) groups is 3. The molecule has 3 aliphatic heterocycles. The number of nitrogens with one attached hydrogen (secondary N) is 3. The van der Waals surface area contributed by atoms with Crippen molar-refractivity contribution < 1.29 is 27.6 Å². The molecule has 5 aromatic rings. The zero-order valence-electron chi connectivity index (χ0n) is 38.5. The molecule has 0 bridgehead atoms. The van der Waals surface area contributed by atoms with Crippen LogP contribution in [0.1, 0.15) is 91.9 Å². The van der Waals surface area contributed by atoms with Gasteiger partial charge in [-0.05, 0) is 88.5 Å². The molecule has 0 spiro atoms. The molecule has 2 aromatic heterocycles. The van der Waals surface area contributed by atoms with Crippen LogP contribution < -0.4 is 20.9 Å². The van der Waals surface area contributed by atoms with E-state index in [0.717, 1.165) is 104 Å². The summed E-state index contributed by atoms with van der Waals surface area (Å²) in [7, 11) is 1.83. The van der Waals surface area contributed by atoms with E-state index in [4.69, 9.17) is 0 Å². The summed E-state index contributed by atoms with van der Waals surface area (Å²) in [6.45, 7) is 14.6. The Labute approximate surface area is 384 Å². The van der Waals surface area contributed by atoms with E-state index < -0.39 is 23.7 Å². The van der Waals surface area contributed by atoms with E-state index in [1.807, 2.05) is 44.0 Å². The number of carbonyl (C=O) groups excluding carboxylic acids is 3. The second-order valence-corrected chi connectivity index (χ2v) is 18.1. The number of alkyl halides is 3. The summed E-state index contributed by atoms with van der Waals surface area (Å²) in [5.74, 6) is -0.440. The lowest BCUT2D eigenvalue weighted by Gasteiger charge is -2.36. The predicted molar refractivity (Wildman–Crippen MR) is 252 cm³/mol. The number of amides is 3. The van der Waals surface area contributed by atoms with Crippen LogP contribution in [0.4, 0.5) is 30.4 Å². The van der Waals surface area contributed by atoms with E-state index in [-0.39, 0.29) is 36.3 Å². The highest BCUT2D eigenvalue weighted by Gasteiger charge is 2.34. The fraction of sp³-hybridized carbons (Fsp3) is 0.510. The van der Waals surface area contributed by atoms with Gasteiger partial charge < -0.3 is 20.4 Å². The highest BCUT2D eigenvalue weighted by atomic mass is 19.4. The SMILES string of the molecule is Cc1c(C(C)Nc2nnc(C)c3ccc(N4CCN(CCCCCCCN5CCN(C(=O)CNc6cccc7c(C8CCC(=O)NC8=O)nn(C)c67)CC5)CC4)cc23)cccc1C(F)(F)F. The second kappa shape index (κ2) is 20.4. The van der Waals surface area contributed by atoms with Crippen molar-refractivity contribution in [2.75, 3.05) is 87.5 Å². The Morgan fingerprint density at radius 3 is 2.21 bits per heavy atom. The molecule has 0 radical (unpaired) electrons. The average Bonchev–Trinajstić information content (AvgIpc) is 3.64. The maximum atomic E-state index is 13.7. The van der Waals surface area contributed by atoms with Crippen molar-refractivity contribution in [3.63, 3.8) is 0 Å². The van der Waals surface area contributed by atoms with Gasteiger partial charge in [-0.1, -0.05) is 49.6 Å². The normalized spacial score (nSPS) is 18.3. The van der Waals surface area contributed by atoms with E-state index in [1.165, 1.54) is 38.7 Å². The summed E-state index contributed by atoms with van der Waals surface area (Å²) in [5, 5.41) is 25.3. The minimum atomic E-state index is -4.42. The third kappa shape index (κ3) is 10.6. The monoisotopic (exact) mass is 909 g/mol. The molecule has 3 aromatic carbocycles. The highest BCUT2D eigenvalue weighted by Crippen LogP contribution is 2.37. The fourth-order valence-corrected chi connectivity index (χ4v) is 9.95. The average molecular weight is 910 g/mol. The van der Waals surface area contributed by atoms with Crippen molar-refractivity contribution in [2.24, 2.45) is 7.05 Å². The quantitative estimate of drug-likeness (QED) is 0.0685. The number of para-hydroxylation sites is 1. The summed E-state index contributed by atoms with van der Waals surface area (Å²) < 4.78 is 42.7. The third-order valence-corrected chi connectivity index (χ3v) is 13.8. The highest BCUT2D eigenvalue weighted by molar-refractivity contribution is 6.04. The molecule has 17 heteroatoms. The number of imide groups is 1. The van der Waals surface area contributed by atoms with E-state index in [1.54, 1.807) is 10.7 Å². The first-order chi connectivity index (χ1) is 31.7. The Hall–Kier alpha value is -5.81. The standard InChI is InChI=1S/C49H62F3N11O3/c1-32-36(12-10-14-41(32)49(50,51)52)33(2)54-47-40-30-35(16-17-37(40)34(3)56-57-47)62-26-22-60(23-27-62)20-8-6-5-7-9-21-61-24-28-63(29-25-61)44(65)31-53-42-15-11-13-38-45(58-59(4)46(38)42)39-18-19-43(64)55-48(39)66/h10-17,30,33,39,53H,5-9,18-29,31H2,1-4H3,(H,54,57)(H,55,64,66). The number of nitrogens with zero attached hydrogens (tertiary/aromatic N) is 8. The van der Waals surface area contributed by atoms with E-state index in [2.05, 4.69) is 64.1 Å². The lowest BCUT2D eigenvalue weighted by Crippen LogP contribution is -2.50. The van der Waals surface area contributed by atoms with Gasteiger partial charge in [0.25, 0.3) is 0 Å². The van der Waals surface area contributed by atoms with Crippen molar-refractivity contribution in [3.05, 3.63) is 82.7 Å². The van der Waals surface area contributed by atoms with E-state index in [0.29, 0.717) is 36.6 Å². The van der Waals surface area contributed by atoms with Gasteiger partial charge in [-0.25, -0.2) is 0 Å². The van der Waals surface area contributed by atoms with Crippen LogP contribution in [0.2, 0.25) is 0 Å². The number of fused-ring (bicyclic) bond motifs is 2. The van der Waals surface area contributed by atoms with Gasteiger partial charge in [0, 0.05) is 87.7 Å². The molecule has 3 N–H and O–H groups in total. The van der Waals surface area contributed by atoms with Crippen LogP contribution in [0.15, 0.2) is 54.6 Å². The van der Waals surface area contributed by atoms with Gasteiger partial charge in [0.2, 0.25) is 17.7 Å². The van der Waals surface area contributed by atoms with Crippen molar-refractivity contribution in [1.29, 1.82) is 0 Å². The number of benzene rings is 3. The third-order valence-electron chi connectivity index (χ3n) is 13.8. The van der Waals surface area contributed by atoms with Gasteiger partial charge in [-0.3, -0.25) is 34.2 Å². The Kier molecular flexibility index (Phi) is 14.4. The van der Waals surface area contributed by atoms with Crippen LogP contribution in [0.5, 0.6) is 0 Å². The van der Waals surface area contributed by atoms with Crippen LogP contribution in [-0.2, 0) is 27.6 Å². The molecule has 2 unspecified atom stereocenters. The predicted octanol–water partition coefficient (Wildman–Crippen LogP) is 7.17. The Balaban J connectivity index is 0.718. The first-order valence-electron chi connectivity index (χ1n) is 23.5. The minimum absolute atomic E-state index is 0.0591. The summed E-state index contributed by atoms with van der Waals surface area (Å²) in [6.07, 6.45) is 2.25. The number of hydrogen-bond acceptors (Lipinski definition) is 11. The zero-order chi connectivity index (χ0) is 46.5. The van der Waals surface area contributed by atoms with E-state index in [9.17, 15) is 27.6 Å². The van der Waals surface area contributed by atoms with Crippen LogP contribution in [0, 0.1) is 13.8 Å². The smallest absolute Gasteiger partial charge is 0.374 e. The molecule has 0 aliphatic carbocycles. The number of unbranched alkanes of at least 4 members (excludes halogenated alkanes) is 4. The summed E-state index contributed by atoms with van der Waals surface area (Å²) >= 11 is 0. The first-order valence-corrected chi connectivity index (χ1v) is 23.5. The minimum Gasteiger partial charge on any atom is -0.374 e. The van der Waals surface area contributed by atoms with Gasteiger partial charge in [0.1, 0.15) is 0 Å². The first kappa shape index (κ1) is 46.7. The van der Waals surface area contributed by atoms with Crippen LogP contribution in [0.25, 0.3) is 21.7 Å². The molecule has 66 heavy (non-hydrogen) atoms.